The van der Waals surface area contributed by atoms with Crippen molar-refractivity contribution in [3.05, 3.63) is 29.8 Å². The number of benzene rings is 1. The number of carbonyl (C=O) groups excluding carboxylic acids is 2. The maximum Gasteiger partial charge on any atom is 0.227 e. The molecule has 1 unspecified atom stereocenters. The van der Waals surface area contributed by atoms with Gasteiger partial charge in [-0.1, -0.05) is 26.0 Å². The third-order valence-corrected chi connectivity index (χ3v) is 3.95. The molecule has 1 heterocycles. The average molecular weight is 304 g/mol. The normalized spacial score (nSPS) is 18.1. The molecule has 1 saturated heterocycles. The van der Waals surface area contributed by atoms with Gasteiger partial charge in [0.15, 0.2) is 0 Å². The molecule has 0 aromatic heterocycles. The Kier molecular flexibility index (Phi) is 5.55. The predicted octanol–water partition coefficient (Wildman–Crippen LogP) is 1.93. The van der Waals surface area contributed by atoms with E-state index in [0.29, 0.717) is 25.6 Å². The zero-order valence-electron chi connectivity index (χ0n) is 13.5. The standard InChI is InChI=1S/C17H24N2O3/c1-12(2)13-5-4-6-15(9-13)19-11-14(10-16(19)20)17(21)18-7-8-22-3/h4-6,9,12,14H,7-8,10-11H2,1-3H3,(H,18,21). The lowest BCUT2D eigenvalue weighted by molar-refractivity contribution is -0.126. The Morgan fingerprint density at radius 1 is 1.45 bits per heavy atom. The summed E-state index contributed by atoms with van der Waals surface area (Å²) >= 11 is 0. The van der Waals surface area contributed by atoms with Crippen LogP contribution in [-0.2, 0) is 14.3 Å². The van der Waals surface area contributed by atoms with Crippen LogP contribution in [0.5, 0.6) is 0 Å². The predicted molar refractivity (Wildman–Crippen MR) is 85.9 cm³/mol. The Balaban J connectivity index is 2.03. The Morgan fingerprint density at radius 3 is 2.91 bits per heavy atom. The minimum Gasteiger partial charge on any atom is -0.383 e. The molecule has 0 spiro atoms. The van der Waals surface area contributed by atoms with Crippen LogP contribution in [0.25, 0.3) is 0 Å². The molecule has 1 aliphatic heterocycles. The Hall–Kier alpha value is -1.88. The van der Waals surface area contributed by atoms with E-state index in [1.54, 1.807) is 12.0 Å². The SMILES string of the molecule is COCCNC(=O)C1CC(=O)N(c2cccc(C(C)C)c2)C1. The van der Waals surface area contributed by atoms with Crippen molar-refractivity contribution in [2.24, 2.45) is 5.92 Å². The maximum absolute atomic E-state index is 12.2. The van der Waals surface area contributed by atoms with E-state index in [4.69, 9.17) is 4.74 Å². The molecule has 1 aliphatic rings. The van der Waals surface area contributed by atoms with Crippen molar-refractivity contribution in [3.63, 3.8) is 0 Å². The average Bonchev–Trinajstić information content (AvgIpc) is 2.89. The molecular formula is C17H24N2O3. The van der Waals surface area contributed by atoms with Gasteiger partial charge in [-0.15, -0.1) is 0 Å². The van der Waals surface area contributed by atoms with Crippen LogP contribution in [0.1, 0.15) is 31.7 Å². The molecule has 22 heavy (non-hydrogen) atoms. The first-order chi connectivity index (χ1) is 10.5. The Morgan fingerprint density at radius 2 is 2.23 bits per heavy atom. The van der Waals surface area contributed by atoms with Crippen LogP contribution in [0.2, 0.25) is 0 Å². The summed E-state index contributed by atoms with van der Waals surface area (Å²) in [7, 11) is 1.59. The van der Waals surface area contributed by atoms with Crippen LogP contribution in [0.4, 0.5) is 5.69 Å². The zero-order chi connectivity index (χ0) is 16.1. The molecule has 1 aromatic carbocycles. The highest BCUT2D eigenvalue weighted by Crippen LogP contribution is 2.27. The van der Waals surface area contributed by atoms with Crippen molar-refractivity contribution < 1.29 is 14.3 Å². The van der Waals surface area contributed by atoms with E-state index in [0.717, 1.165) is 5.69 Å². The molecular weight excluding hydrogens is 280 g/mol. The second-order valence-electron chi connectivity index (χ2n) is 5.94. The molecule has 0 bridgehead atoms. The molecule has 5 heteroatoms. The lowest BCUT2D eigenvalue weighted by Gasteiger charge is -2.18. The summed E-state index contributed by atoms with van der Waals surface area (Å²) in [6.45, 7) is 5.64. The number of rotatable bonds is 6. The molecule has 120 valence electrons. The van der Waals surface area contributed by atoms with Crippen LogP contribution < -0.4 is 10.2 Å². The Labute approximate surface area is 131 Å². The van der Waals surface area contributed by atoms with Crippen LogP contribution in [0, 0.1) is 5.92 Å². The van der Waals surface area contributed by atoms with Gasteiger partial charge in [0.25, 0.3) is 0 Å². The number of amides is 2. The molecule has 5 nitrogen and oxygen atoms in total. The van der Waals surface area contributed by atoms with Gasteiger partial charge in [-0.05, 0) is 23.6 Å². The van der Waals surface area contributed by atoms with Gasteiger partial charge in [0, 0.05) is 32.3 Å². The molecule has 1 aromatic rings. The molecule has 1 atom stereocenters. The first-order valence-corrected chi connectivity index (χ1v) is 7.70. The molecule has 0 radical (unpaired) electrons. The number of ether oxygens (including phenoxy) is 1. The van der Waals surface area contributed by atoms with E-state index in [9.17, 15) is 9.59 Å². The molecule has 2 amide bonds. The van der Waals surface area contributed by atoms with Crippen LogP contribution >= 0.6 is 0 Å². The first kappa shape index (κ1) is 16.5. The van der Waals surface area contributed by atoms with Crippen LogP contribution in [0.15, 0.2) is 24.3 Å². The van der Waals surface area contributed by atoms with Crippen molar-refractivity contribution in [2.45, 2.75) is 26.2 Å². The minimum absolute atomic E-state index is 0.00722. The van der Waals surface area contributed by atoms with Crippen molar-refractivity contribution >= 4 is 17.5 Å². The lowest BCUT2D eigenvalue weighted by Crippen LogP contribution is -2.34. The smallest absolute Gasteiger partial charge is 0.227 e. The van der Waals surface area contributed by atoms with Gasteiger partial charge in [-0.3, -0.25) is 9.59 Å². The van der Waals surface area contributed by atoms with Crippen molar-refractivity contribution in [1.29, 1.82) is 0 Å². The first-order valence-electron chi connectivity index (χ1n) is 7.70. The molecule has 2 rings (SSSR count). The number of hydrogen-bond acceptors (Lipinski definition) is 3. The number of nitrogens with one attached hydrogen (secondary N) is 1. The van der Waals surface area contributed by atoms with E-state index >= 15 is 0 Å². The fraction of sp³-hybridized carbons (Fsp3) is 0.529. The van der Waals surface area contributed by atoms with Gasteiger partial charge in [0.2, 0.25) is 11.8 Å². The summed E-state index contributed by atoms with van der Waals surface area (Å²) in [6, 6.07) is 7.98. The van der Waals surface area contributed by atoms with E-state index in [2.05, 4.69) is 25.2 Å². The lowest BCUT2D eigenvalue weighted by atomic mass is 10.0. The van der Waals surface area contributed by atoms with Gasteiger partial charge in [0.05, 0.1) is 12.5 Å². The monoisotopic (exact) mass is 304 g/mol. The van der Waals surface area contributed by atoms with Crippen molar-refractivity contribution in [1.82, 2.24) is 5.32 Å². The van der Waals surface area contributed by atoms with E-state index in [-0.39, 0.29) is 24.2 Å². The summed E-state index contributed by atoms with van der Waals surface area (Å²) < 4.78 is 4.91. The van der Waals surface area contributed by atoms with Gasteiger partial charge in [0.1, 0.15) is 0 Å². The third-order valence-electron chi connectivity index (χ3n) is 3.95. The zero-order valence-corrected chi connectivity index (χ0v) is 13.5. The van der Waals surface area contributed by atoms with Crippen LogP contribution in [0.3, 0.4) is 0 Å². The van der Waals surface area contributed by atoms with Crippen molar-refractivity contribution in [2.75, 3.05) is 31.7 Å². The molecule has 0 saturated carbocycles. The summed E-state index contributed by atoms with van der Waals surface area (Å²) in [6.07, 6.45) is 0.269. The maximum atomic E-state index is 12.2. The van der Waals surface area contributed by atoms with Crippen LogP contribution in [-0.4, -0.2) is 38.6 Å². The quantitative estimate of drug-likeness (QED) is 0.817. The highest BCUT2D eigenvalue weighted by Gasteiger charge is 2.35. The number of hydrogen-bond donors (Lipinski definition) is 1. The van der Waals surface area contributed by atoms with E-state index < -0.39 is 0 Å². The Bertz CT molecular complexity index is 542. The molecule has 1 N–H and O–H groups in total. The topological polar surface area (TPSA) is 58.6 Å². The summed E-state index contributed by atoms with van der Waals surface area (Å²) in [5, 5.41) is 2.80. The van der Waals surface area contributed by atoms with Gasteiger partial charge < -0.3 is 15.0 Å². The van der Waals surface area contributed by atoms with E-state index in [1.807, 2.05) is 18.2 Å². The number of nitrogens with zero attached hydrogens (tertiary/aromatic N) is 1. The molecule has 0 aliphatic carbocycles. The minimum atomic E-state index is -0.285. The van der Waals surface area contributed by atoms with Gasteiger partial charge >= 0.3 is 0 Å². The largest absolute Gasteiger partial charge is 0.383 e. The third kappa shape index (κ3) is 3.85. The fourth-order valence-electron chi connectivity index (χ4n) is 2.61. The highest BCUT2D eigenvalue weighted by molar-refractivity contribution is 6.00. The number of carbonyl (C=O) groups is 2. The summed E-state index contributed by atoms with van der Waals surface area (Å²) in [5.74, 6) is 0.0542. The summed E-state index contributed by atoms with van der Waals surface area (Å²) in [5.41, 5.74) is 2.07. The second-order valence-corrected chi connectivity index (χ2v) is 5.94. The second kappa shape index (κ2) is 7.40. The van der Waals surface area contributed by atoms with Gasteiger partial charge in [-0.2, -0.15) is 0 Å². The number of methoxy groups -OCH3 is 1. The number of anilines is 1. The molecule has 1 fully saturated rings. The fourth-order valence-corrected chi connectivity index (χ4v) is 2.61. The van der Waals surface area contributed by atoms with Crippen molar-refractivity contribution in [3.8, 4) is 0 Å². The summed E-state index contributed by atoms with van der Waals surface area (Å²) in [4.78, 5) is 26.0. The highest BCUT2D eigenvalue weighted by atomic mass is 16.5. The van der Waals surface area contributed by atoms with Gasteiger partial charge in [-0.25, -0.2) is 0 Å². The van der Waals surface area contributed by atoms with E-state index in [1.165, 1.54) is 5.56 Å².